The summed E-state index contributed by atoms with van der Waals surface area (Å²) in [5, 5.41) is 8.33. The summed E-state index contributed by atoms with van der Waals surface area (Å²) in [6.07, 6.45) is -0.960. The second-order valence-electron chi connectivity index (χ2n) is 4.23. The summed E-state index contributed by atoms with van der Waals surface area (Å²) in [7, 11) is 0. The molecule has 9 heteroatoms. The number of anilines is 1. The average molecular weight is 385 g/mol. The molecule has 0 aliphatic carbocycles. The molecule has 1 aromatic carbocycles. The van der Waals surface area contributed by atoms with Gasteiger partial charge in [0, 0.05) is 12.6 Å². The van der Waals surface area contributed by atoms with Crippen LogP contribution in [-0.2, 0) is 4.79 Å². The molecule has 0 saturated carbocycles. The van der Waals surface area contributed by atoms with Gasteiger partial charge in [0.1, 0.15) is 11.9 Å². The highest BCUT2D eigenvalue weighted by molar-refractivity contribution is 7.80. The third-order valence-corrected chi connectivity index (χ3v) is 3.25. The average Bonchev–Trinajstić information content (AvgIpc) is 2.39. The first kappa shape index (κ1) is 19.1. The second-order valence-corrected chi connectivity index (χ2v) is 7.01. The summed E-state index contributed by atoms with van der Waals surface area (Å²) in [5.74, 6) is 0.400. The topological polar surface area (TPSA) is 62.4 Å². The van der Waals surface area contributed by atoms with Gasteiger partial charge in [0.15, 0.2) is 5.11 Å². The smallest absolute Gasteiger partial charge is 0.228 e. The van der Waals surface area contributed by atoms with E-state index in [0.717, 1.165) is 11.4 Å². The van der Waals surface area contributed by atoms with Crippen molar-refractivity contribution in [3.05, 3.63) is 24.3 Å². The van der Waals surface area contributed by atoms with Gasteiger partial charge in [-0.25, -0.2) is 0 Å². The zero-order valence-electron chi connectivity index (χ0n) is 12.0. The Morgan fingerprint density at radius 3 is 2.32 bits per heavy atom. The summed E-state index contributed by atoms with van der Waals surface area (Å²) >= 11 is 22.5. The largest absolute Gasteiger partial charge is 0.494 e. The molecular weight excluding hydrogens is 369 g/mol. The van der Waals surface area contributed by atoms with Crippen LogP contribution in [0.4, 0.5) is 5.69 Å². The molecule has 1 rings (SSSR count). The number of benzene rings is 1. The molecule has 0 radical (unpaired) electrons. The summed E-state index contributed by atoms with van der Waals surface area (Å²) < 4.78 is 3.59. The van der Waals surface area contributed by atoms with Crippen LogP contribution in [0.2, 0.25) is 0 Å². The van der Waals surface area contributed by atoms with Crippen molar-refractivity contribution >= 4 is 63.7 Å². The molecule has 22 heavy (non-hydrogen) atoms. The van der Waals surface area contributed by atoms with Crippen LogP contribution in [0.1, 0.15) is 13.8 Å². The third kappa shape index (κ3) is 6.87. The minimum Gasteiger partial charge on any atom is -0.494 e. The molecule has 0 heterocycles. The molecule has 0 unspecified atom stereocenters. The van der Waals surface area contributed by atoms with E-state index in [1.54, 1.807) is 24.3 Å². The Bertz CT molecular complexity index is 520. The van der Waals surface area contributed by atoms with Crippen molar-refractivity contribution in [1.29, 1.82) is 0 Å². The number of hydrogen-bond acceptors (Lipinski definition) is 3. The zero-order valence-corrected chi connectivity index (χ0v) is 15.0. The van der Waals surface area contributed by atoms with Crippen LogP contribution in [0, 0.1) is 0 Å². The lowest BCUT2D eigenvalue weighted by Crippen LogP contribution is -2.55. The van der Waals surface area contributed by atoms with Crippen LogP contribution in [0.3, 0.4) is 0 Å². The Kier molecular flexibility index (Phi) is 7.48. The van der Waals surface area contributed by atoms with Crippen LogP contribution in [0.25, 0.3) is 0 Å². The van der Waals surface area contributed by atoms with Crippen molar-refractivity contribution in [1.82, 2.24) is 10.6 Å². The number of thiocarbonyl (C=S) groups is 1. The number of carbonyl (C=O) groups excluding carboxylic acids is 1. The van der Waals surface area contributed by atoms with Crippen LogP contribution in [-0.4, -0.2) is 27.6 Å². The van der Waals surface area contributed by atoms with Crippen molar-refractivity contribution in [3.8, 4) is 5.75 Å². The van der Waals surface area contributed by atoms with E-state index in [2.05, 4.69) is 16.0 Å². The summed E-state index contributed by atoms with van der Waals surface area (Å²) in [6, 6.07) is 7.19. The highest BCUT2D eigenvalue weighted by atomic mass is 35.6. The first-order valence-electron chi connectivity index (χ1n) is 6.36. The number of hydrogen-bond donors (Lipinski definition) is 3. The predicted octanol–water partition coefficient (Wildman–Crippen LogP) is 3.20. The predicted molar refractivity (Wildman–Crippen MR) is 94.9 cm³/mol. The number of ether oxygens (including phenoxy) is 1. The molecule has 0 bridgehead atoms. The van der Waals surface area contributed by atoms with Gasteiger partial charge in [0.25, 0.3) is 0 Å². The van der Waals surface area contributed by atoms with E-state index in [1.165, 1.54) is 6.92 Å². The van der Waals surface area contributed by atoms with Gasteiger partial charge in [-0.2, -0.15) is 0 Å². The molecule has 3 N–H and O–H groups in total. The van der Waals surface area contributed by atoms with E-state index in [9.17, 15) is 4.79 Å². The zero-order chi connectivity index (χ0) is 16.8. The van der Waals surface area contributed by atoms with Gasteiger partial charge in [-0.15, -0.1) is 0 Å². The van der Waals surface area contributed by atoms with Crippen LogP contribution in [0.15, 0.2) is 24.3 Å². The third-order valence-electron chi connectivity index (χ3n) is 2.37. The summed E-state index contributed by atoms with van der Waals surface area (Å²) in [5.41, 5.74) is 0.729. The van der Waals surface area contributed by atoms with Crippen LogP contribution >= 0.6 is 47.0 Å². The molecule has 1 atom stereocenters. The van der Waals surface area contributed by atoms with Gasteiger partial charge >= 0.3 is 0 Å². The van der Waals surface area contributed by atoms with Crippen molar-refractivity contribution in [3.63, 3.8) is 0 Å². The molecule has 0 aliphatic rings. The SMILES string of the molecule is CCOc1ccc(NC(=S)N[C@H](NC(C)=O)C(Cl)(Cl)Cl)cc1. The van der Waals surface area contributed by atoms with Gasteiger partial charge < -0.3 is 20.7 Å². The molecule has 0 aliphatic heterocycles. The quantitative estimate of drug-likeness (QED) is 0.413. The maximum Gasteiger partial charge on any atom is 0.228 e. The fourth-order valence-corrected chi connectivity index (χ4v) is 2.07. The van der Waals surface area contributed by atoms with Crippen molar-refractivity contribution in [2.75, 3.05) is 11.9 Å². The van der Waals surface area contributed by atoms with Crippen molar-refractivity contribution in [2.45, 2.75) is 23.8 Å². The van der Waals surface area contributed by atoms with E-state index in [4.69, 9.17) is 51.8 Å². The molecule has 1 aromatic rings. The van der Waals surface area contributed by atoms with Gasteiger partial charge in [-0.3, -0.25) is 4.79 Å². The van der Waals surface area contributed by atoms with E-state index in [-0.39, 0.29) is 11.0 Å². The number of amides is 1. The van der Waals surface area contributed by atoms with Gasteiger partial charge in [-0.1, -0.05) is 34.8 Å². The van der Waals surface area contributed by atoms with Gasteiger partial charge in [-0.05, 0) is 43.4 Å². The number of carbonyl (C=O) groups is 1. The molecular formula is C13H16Cl3N3O2S. The van der Waals surface area contributed by atoms with E-state index < -0.39 is 9.96 Å². The molecule has 1 amide bonds. The number of nitrogens with one attached hydrogen (secondary N) is 3. The Labute approximate surface area is 149 Å². The van der Waals surface area contributed by atoms with Gasteiger partial charge in [0.2, 0.25) is 9.70 Å². The molecule has 0 saturated heterocycles. The van der Waals surface area contributed by atoms with Crippen LogP contribution < -0.4 is 20.7 Å². The monoisotopic (exact) mass is 383 g/mol. The standard InChI is InChI=1S/C13H16Cl3N3O2S/c1-3-21-10-6-4-9(5-7-10)18-12(22)19-11(13(14,15)16)17-8(2)20/h4-7,11H,3H2,1-2H3,(H,17,20)(H2,18,19,22)/t11-/m0/s1. The Hall–Kier alpha value is -0.950. The Balaban J connectivity index is 2.65. The van der Waals surface area contributed by atoms with Crippen molar-refractivity contribution in [2.24, 2.45) is 0 Å². The fourth-order valence-electron chi connectivity index (χ4n) is 1.50. The summed E-state index contributed by atoms with van der Waals surface area (Å²) in [6.45, 7) is 3.81. The minimum absolute atomic E-state index is 0.203. The van der Waals surface area contributed by atoms with E-state index in [1.807, 2.05) is 6.92 Å². The molecule has 5 nitrogen and oxygen atoms in total. The normalized spacial score (nSPS) is 12.2. The lowest BCUT2D eigenvalue weighted by atomic mass is 10.3. The lowest BCUT2D eigenvalue weighted by Gasteiger charge is -2.27. The van der Waals surface area contributed by atoms with E-state index >= 15 is 0 Å². The van der Waals surface area contributed by atoms with E-state index in [0.29, 0.717) is 6.61 Å². The number of halogens is 3. The first-order chi connectivity index (χ1) is 10.2. The Morgan fingerprint density at radius 2 is 1.86 bits per heavy atom. The van der Waals surface area contributed by atoms with Crippen LogP contribution in [0.5, 0.6) is 5.75 Å². The lowest BCUT2D eigenvalue weighted by molar-refractivity contribution is -0.119. The summed E-state index contributed by atoms with van der Waals surface area (Å²) in [4.78, 5) is 11.1. The second kappa shape index (κ2) is 8.62. The maximum absolute atomic E-state index is 11.1. The molecule has 0 aromatic heterocycles. The molecule has 0 fully saturated rings. The number of alkyl halides is 3. The van der Waals surface area contributed by atoms with Gasteiger partial charge in [0.05, 0.1) is 6.61 Å². The first-order valence-corrected chi connectivity index (χ1v) is 7.90. The molecule has 0 spiro atoms. The maximum atomic E-state index is 11.1. The highest BCUT2D eigenvalue weighted by Gasteiger charge is 2.33. The minimum atomic E-state index is -1.75. The fraction of sp³-hybridized carbons (Fsp3) is 0.385. The van der Waals surface area contributed by atoms with Crippen molar-refractivity contribution < 1.29 is 9.53 Å². The molecule has 122 valence electrons. The highest BCUT2D eigenvalue weighted by Crippen LogP contribution is 2.29. The Morgan fingerprint density at radius 1 is 1.27 bits per heavy atom. The number of rotatable bonds is 5.